The van der Waals surface area contributed by atoms with E-state index in [-0.39, 0.29) is 12.2 Å². The van der Waals surface area contributed by atoms with Gasteiger partial charge in [-0.05, 0) is 54.7 Å². The van der Waals surface area contributed by atoms with Crippen LogP contribution in [0.15, 0.2) is 60.7 Å². The third-order valence-electron chi connectivity index (χ3n) is 5.96. The second-order valence-electron chi connectivity index (χ2n) is 9.35. The minimum atomic E-state index is -3.83. The number of alkyl halides is 2. The summed E-state index contributed by atoms with van der Waals surface area (Å²) in [7, 11) is -3.83. The Hall–Kier alpha value is -3.50. The number of ether oxygens (including phenoxy) is 2. The highest BCUT2D eigenvalue weighted by atomic mass is 32.2. The van der Waals surface area contributed by atoms with Gasteiger partial charge in [0.2, 0.25) is 10.0 Å². The predicted octanol–water partition coefficient (Wildman–Crippen LogP) is 4.88. The zero-order valence-corrected chi connectivity index (χ0v) is 20.4. The quantitative estimate of drug-likeness (QED) is 0.440. The monoisotopic (exact) mass is 517 g/mol. The summed E-state index contributed by atoms with van der Waals surface area (Å²) in [5.41, 5.74) is 2.29. The van der Waals surface area contributed by atoms with Gasteiger partial charge in [0, 0.05) is 5.56 Å². The number of hydrogen-bond donors (Lipinski definition) is 2. The number of sulfonamides is 1. The van der Waals surface area contributed by atoms with Gasteiger partial charge in [-0.2, -0.15) is 8.78 Å². The molecule has 3 aromatic carbocycles. The molecule has 7 nitrogen and oxygen atoms in total. The first kappa shape index (κ1) is 25.6. The topological polar surface area (TPSA) is 116 Å². The number of primary sulfonamides is 1. The van der Waals surface area contributed by atoms with E-state index in [0.29, 0.717) is 33.6 Å². The van der Waals surface area contributed by atoms with Crippen LogP contribution < -0.4 is 14.6 Å². The van der Waals surface area contributed by atoms with Gasteiger partial charge in [0.25, 0.3) is 0 Å². The van der Waals surface area contributed by atoms with Gasteiger partial charge < -0.3 is 14.6 Å². The van der Waals surface area contributed by atoms with Gasteiger partial charge in [0.15, 0.2) is 0 Å². The van der Waals surface area contributed by atoms with E-state index in [0.717, 1.165) is 5.56 Å². The molecule has 4 rings (SSSR count). The van der Waals surface area contributed by atoms with Crippen molar-refractivity contribution in [3.05, 3.63) is 82.9 Å². The number of fused-ring (bicyclic) bond motifs is 3. The first-order chi connectivity index (χ1) is 16.8. The molecule has 190 valence electrons. The molecule has 0 saturated carbocycles. The van der Waals surface area contributed by atoms with E-state index < -0.39 is 39.9 Å². The lowest BCUT2D eigenvalue weighted by molar-refractivity contribution is -0.146. The van der Waals surface area contributed by atoms with Crippen LogP contribution >= 0.6 is 0 Å². The number of rotatable bonds is 8. The molecule has 0 aromatic heterocycles. The van der Waals surface area contributed by atoms with Crippen molar-refractivity contribution in [1.82, 2.24) is 0 Å². The molecule has 0 bridgehead atoms. The number of benzene rings is 3. The number of aliphatic carboxylic acids is 1. The van der Waals surface area contributed by atoms with E-state index in [2.05, 4.69) is 0 Å². The summed E-state index contributed by atoms with van der Waals surface area (Å²) in [6.07, 6.45) is -0.452. The lowest BCUT2D eigenvalue weighted by Crippen LogP contribution is -2.26. The number of nitrogens with two attached hydrogens (primary N) is 1. The fraction of sp³-hybridized carbons (Fsp3) is 0.269. The molecule has 0 radical (unpaired) electrons. The Morgan fingerprint density at radius 3 is 2.50 bits per heavy atom. The molecule has 0 fully saturated rings. The van der Waals surface area contributed by atoms with Crippen LogP contribution in [-0.2, 0) is 27.0 Å². The second kappa shape index (κ2) is 9.51. The van der Waals surface area contributed by atoms with Gasteiger partial charge in [0.1, 0.15) is 17.6 Å². The maximum absolute atomic E-state index is 13.1. The third-order valence-corrected chi connectivity index (χ3v) is 6.70. The molecule has 0 amide bonds. The van der Waals surface area contributed by atoms with Crippen LogP contribution in [0.1, 0.15) is 42.2 Å². The van der Waals surface area contributed by atoms with Crippen LogP contribution in [0.2, 0.25) is 0 Å². The number of halogens is 2. The Kier molecular flexibility index (Phi) is 6.76. The fourth-order valence-corrected chi connectivity index (χ4v) is 4.98. The van der Waals surface area contributed by atoms with Crippen molar-refractivity contribution in [2.45, 2.75) is 38.7 Å². The number of carboxylic acids is 1. The Bertz CT molecular complexity index is 1420. The molecule has 1 unspecified atom stereocenters. The van der Waals surface area contributed by atoms with E-state index >= 15 is 0 Å². The van der Waals surface area contributed by atoms with Crippen LogP contribution in [0.5, 0.6) is 11.5 Å². The molecule has 0 aliphatic carbocycles. The van der Waals surface area contributed by atoms with Crippen molar-refractivity contribution < 1.29 is 36.6 Å². The lowest BCUT2D eigenvalue weighted by atomic mass is 9.84. The molecule has 1 heterocycles. The summed E-state index contributed by atoms with van der Waals surface area (Å²) < 4.78 is 60.7. The maximum atomic E-state index is 13.1. The first-order valence-electron chi connectivity index (χ1n) is 11.0. The lowest BCUT2D eigenvalue weighted by Gasteiger charge is -2.31. The van der Waals surface area contributed by atoms with Gasteiger partial charge in [-0.1, -0.05) is 48.5 Å². The number of hydrogen-bond acceptors (Lipinski definition) is 5. The van der Waals surface area contributed by atoms with Crippen molar-refractivity contribution in [2.24, 2.45) is 10.6 Å². The molecule has 0 saturated heterocycles. The molecule has 3 N–H and O–H groups in total. The van der Waals surface area contributed by atoms with Crippen molar-refractivity contribution in [2.75, 3.05) is 0 Å². The highest BCUT2D eigenvalue weighted by Crippen LogP contribution is 2.49. The van der Waals surface area contributed by atoms with E-state index in [9.17, 15) is 27.1 Å². The molecular weight excluding hydrogens is 492 g/mol. The molecular formula is C26H25F2NO6S. The third kappa shape index (κ3) is 5.50. The number of carboxylic acid groups (broad SMARTS) is 1. The Balaban J connectivity index is 1.85. The Morgan fingerprint density at radius 1 is 1.11 bits per heavy atom. The summed E-state index contributed by atoms with van der Waals surface area (Å²) in [6, 6.07) is 16.7. The zero-order valence-electron chi connectivity index (χ0n) is 19.6. The van der Waals surface area contributed by atoms with Crippen molar-refractivity contribution >= 4 is 16.0 Å². The Morgan fingerprint density at radius 2 is 1.83 bits per heavy atom. The standard InChI is InChI=1S/C26H25F2NO6S/c1-26(2,24(30)31)13-15-5-3-6-17(11-15)23-19-12-16(14-36(29,32)33)9-10-18(19)22-20(34-23)7-4-8-21(22)35-25(27)28/h3-12,23,25H,13-14H2,1-2H3,(H,30,31)(H2,29,32,33). The highest BCUT2D eigenvalue weighted by molar-refractivity contribution is 7.88. The summed E-state index contributed by atoms with van der Waals surface area (Å²) in [6.45, 7) is 0.220. The van der Waals surface area contributed by atoms with Crippen LogP contribution in [0.4, 0.5) is 8.78 Å². The van der Waals surface area contributed by atoms with Crippen molar-refractivity contribution in [3.63, 3.8) is 0 Å². The maximum Gasteiger partial charge on any atom is 0.387 e. The molecule has 1 aliphatic rings. The van der Waals surface area contributed by atoms with Crippen LogP contribution in [0, 0.1) is 5.41 Å². The zero-order chi connectivity index (χ0) is 26.3. The predicted molar refractivity (Wildman–Crippen MR) is 129 cm³/mol. The first-order valence-corrected chi connectivity index (χ1v) is 12.8. The smallest absolute Gasteiger partial charge is 0.387 e. The normalized spacial score (nSPS) is 15.1. The van der Waals surface area contributed by atoms with E-state index in [4.69, 9.17) is 14.6 Å². The Labute approximate surface area is 207 Å². The summed E-state index contributed by atoms with van der Waals surface area (Å²) in [5.74, 6) is -1.10. The summed E-state index contributed by atoms with van der Waals surface area (Å²) in [5, 5.41) is 14.8. The second-order valence-corrected chi connectivity index (χ2v) is 11.0. The van der Waals surface area contributed by atoms with Gasteiger partial charge >= 0.3 is 12.6 Å². The van der Waals surface area contributed by atoms with Crippen LogP contribution in [-0.4, -0.2) is 26.1 Å². The molecule has 1 aliphatic heterocycles. The van der Waals surface area contributed by atoms with Crippen LogP contribution in [0.3, 0.4) is 0 Å². The minimum absolute atomic E-state index is 0.0710. The van der Waals surface area contributed by atoms with Gasteiger partial charge in [0.05, 0.1) is 16.7 Å². The van der Waals surface area contributed by atoms with Gasteiger partial charge in [-0.3, -0.25) is 4.79 Å². The summed E-state index contributed by atoms with van der Waals surface area (Å²) in [4.78, 5) is 11.6. The molecule has 3 aromatic rings. The summed E-state index contributed by atoms with van der Waals surface area (Å²) >= 11 is 0. The molecule has 10 heteroatoms. The van der Waals surface area contributed by atoms with E-state index in [1.165, 1.54) is 6.07 Å². The average Bonchev–Trinajstić information content (AvgIpc) is 2.77. The minimum Gasteiger partial charge on any atom is -0.481 e. The van der Waals surface area contributed by atoms with E-state index in [1.54, 1.807) is 50.2 Å². The van der Waals surface area contributed by atoms with Crippen molar-refractivity contribution in [3.8, 4) is 22.6 Å². The van der Waals surface area contributed by atoms with Gasteiger partial charge in [-0.25, -0.2) is 13.6 Å². The average molecular weight is 518 g/mol. The van der Waals surface area contributed by atoms with Gasteiger partial charge in [-0.15, -0.1) is 0 Å². The number of carbonyl (C=O) groups is 1. The highest BCUT2D eigenvalue weighted by Gasteiger charge is 2.32. The fourth-order valence-electron chi connectivity index (χ4n) is 4.34. The molecule has 36 heavy (non-hydrogen) atoms. The molecule has 1 atom stereocenters. The van der Waals surface area contributed by atoms with Crippen molar-refractivity contribution in [1.29, 1.82) is 0 Å². The van der Waals surface area contributed by atoms with E-state index in [1.807, 2.05) is 18.2 Å². The molecule has 0 spiro atoms. The van der Waals surface area contributed by atoms with Crippen LogP contribution in [0.25, 0.3) is 11.1 Å². The largest absolute Gasteiger partial charge is 0.481 e. The SMILES string of the molecule is CC(C)(Cc1cccc(C2Oc3cccc(OC(F)F)c3-c3ccc(CS(N)(=O)=O)cc32)c1)C(=O)O.